The Morgan fingerprint density at radius 3 is 2.65 bits per heavy atom. The summed E-state index contributed by atoms with van der Waals surface area (Å²) in [5, 5.41) is 0. The second-order valence-electron chi connectivity index (χ2n) is 6.46. The predicted molar refractivity (Wildman–Crippen MR) is 99.2 cm³/mol. The molecule has 0 unspecified atom stereocenters. The first-order valence-electron chi connectivity index (χ1n) is 9.01. The van der Waals surface area contributed by atoms with E-state index in [4.69, 9.17) is 4.74 Å². The predicted octanol–water partition coefficient (Wildman–Crippen LogP) is 2.33. The number of ether oxygens (including phenoxy) is 1. The van der Waals surface area contributed by atoms with Gasteiger partial charge in [0.1, 0.15) is 11.4 Å². The maximum atomic E-state index is 12.6. The van der Waals surface area contributed by atoms with Crippen molar-refractivity contribution in [3.63, 3.8) is 0 Å². The van der Waals surface area contributed by atoms with Crippen LogP contribution in [-0.4, -0.2) is 59.9 Å². The Balaban J connectivity index is 1.51. The third-order valence-corrected chi connectivity index (χ3v) is 4.73. The molecular formula is C20H25N3O3. The Morgan fingerprint density at radius 1 is 1.08 bits per heavy atom. The highest BCUT2D eigenvalue weighted by molar-refractivity contribution is 5.92. The number of benzene rings is 1. The van der Waals surface area contributed by atoms with Gasteiger partial charge in [-0.1, -0.05) is 12.1 Å². The van der Waals surface area contributed by atoms with Gasteiger partial charge in [-0.25, -0.2) is 0 Å². The van der Waals surface area contributed by atoms with Crippen LogP contribution in [0.5, 0.6) is 5.75 Å². The summed E-state index contributed by atoms with van der Waals surface area (Å²) >= 11 is 0. The summed E-state index contributed by atoms with van der Waals surface area (Å²) in [6.07, 6.45) is 3.71. The molecule has 0 aliphatic carbocycles. The van der Waals surface area contributed by atoms with Crippen LogP contribution in [0.25, 0.3) is 0 Å². The van der Waals surface area contributed by atoms with Gasteiger partial charge in [0, 0.05) is 38.8 Å². The van der Waals surface area contributed by atoms with Gasteiger partial charge >= 0.3 is 0 Å². The highest BCUT2D eigenvalue weighted by Gasteiger charge is 2.23. The van der Waals surface area contributed by atoms with E-state index in [9.17, 15) is 9.59 Å². The number of aromatic nitrogens is 1. The van der Waals surface area contributed by atoms with E-state index in [1.807, 2.05) is 40.1 Å². The van der Waals surface area contributed by atoms with Crippen molar-refractivity contribution in [2.24, 2.45) is 0 Å². The van der Waals surface area contributed by atoms with E-state index in [2.05, 4.69) is 4.98 Å². The molecular weight excluding hydrogens is 330 g/mol. The van der Waals surface area contributed by atoms with Gasteiger partial charge in [-0.15, -0.1) is 0 Å². The summed E-state index contributed by atoms with van der Waals surface area (Å²) in [7, 11) is 1.64. The van der Waals surface area contributed by atoms with Crippen LogP contribution in [-0.2, 0) is 11.2 Å². The molecule has 0 spiro atoms. The number of methoxy groups -OCH3 is 1. The molecule has 1 fully saturated rings. The second kappa shape index (κ2) is 8.56. The van der Waals surface area contributed by atoms with Crippen LogP contribution in [0.2, 0.25) is 0 Å². The Bertz CT molecular complexity index is 743. The van der Waals surface area contributed by atoms with Crippen molar-refractivity contribution in [2.75, 3.05) is 33.3 Å². The molecule has 26 heavy (non-hydrogen) atoms. The lowest BCUT2D eigenvalue weighted by Crippen LogP contribution is -2.37. The normalized spacial score (nSPS) is 14.8. The molecule has 1 N–H and O–H groups in total. The molecule has 2 amide bonds. The maximum absolute atomic E-state index is 12.6. The van der Waals surface area contributed by atoms with E-state index in [0.717, 1.165) is 17.7 Å². The van der Waals surface area contributed by atoms with Crippen molar-refractivity contribution in [2.45, 2.75) is 19.3 Å². The first-order chi connectivity index (χ1) is 12.7. The van der Waals surface area contributed by atoms with Crippen LogP contribution in [0.3, 0.4) is 0 Å². The molecule has 6 heteroatoms. The second-order valence-corrected chi connectivity index (χ2v) is 6.46. The summed E-state index contributed by atoms with van der Waals surface area (Å²) in [5.41, 5.74) is 1.69. The molecule has 0 bridgehead atoms. The molecule has 0 radical (unpaired) electrons. The Labute approximate surface area is 153 Å². The topological polar surface area (TPSA) is 65.6 Å². The van der Waals surface area contributed by atoms with Gasteiger partial charge in [0.25, 0.3) is 5.91 Å². The van der Waals surface area contributed by atoms with Gasteiger partial charge in [-0.2, -0.15) is 0 Å². The lowest BCUT2D eigenvalue weighted by atomic mass is 10.1. The fourth-order valence-corrected chi connectivity index (χ4v) is 3.24. The van der Waals surface area contributed by atoms with Crippen LogP contribution in [0.1, 0.15) is 28.9 Å². The van der Waals surface area contributed by atoms with E-state index in [0.29, 0.717) is 44.7 Å². The van der Waals surface area contributed by atoms with Crippen LogP contribution in [0, 0.1) is 0 Å². The molecule has 2 aromatic rings. The largest absolute Gasteiger partial charge is 0.497 e. The van der Waals surface area contributed by atoms with E-state index in [-0.39, 0.29) is 11.8 Å². The molecule has 1 aromatic heterocycles. The third kappa shape index (κ3) is 4.45. The van der Waals surface area contributed by atoms with Crippen LogP contribution in [0.4, 0.5) is 0 Å². The van der Waals surface area contributed by atoms with Gasteiger partial charge in [0.05, 0.1) is 7.11 Å². The number of nitrogens with zero attached hydrogens (tertiary/aromatic N) is 2. The number of hydrogen-bond donors (Lipinski definition) is 1. The minimum Gasteiger partial charge on any atom is -0.497 e. The number of carbonyl (C=O) groups excluding carboxylic acids is 2. The van der Waals surface area contributed by atoms with Crippen molar-refractivity contribution < 1.29 is 14.3 Å². The van der Waals surface area contributed by atoms with Gasteiger partial charge < -0.3 is 19.5 Å². The van der Waals surface area contributed by atoms with E-state index in [1.165, 1.54) is 0 Å². The number of amides is 2. The monoisotopic (exact) mass is 355 g/mol. The van der Waals surface area contributed by atoms with Crippen molar-refractivity contribution >= 4 is 11.8 Å². The SMILES string of the molecule is COc1cccc(CCC(=O)N2CCCN(C(=O)c3ccc[nH]3)CC2)c1. The van der Waals surface area contributed by atoms with Crippen LogP contribution < -0.4 is 4.74 Å². The molecule has 6 nitrogen and oxygen atoms in total. The number of nitrogens with one attached hydrogen (secondary N) is 1. The molecule has 1 aromatic carbocycles. The van der Waals surface area contributed by atoms with E-state index < -0.39 is 0 Å². The zero-order chi connectivity index (χ0) is 18.4. The quantitative estimate of drug-likeness (QED) is 0.895. The van der Waals surface area contributed by atoms with Crippen LogP contribution >= 0.6 is 0 Å². The number of aryl methyl sites for hydroxylation is 1. The summed E-state index contributed by atoms with van der Waals surface area (Å²) < 4.78 is 5.22. The average molecular weight is 355 g/mol. The zero-order valence-corrected chi connectivity index (χ0v) is 15.1. The standard InChI is InChI=1S/C20H25N3O3/c1-26-17-6-2-5-16(15-17)8-9-19(24)22-11-4-12-23(14-13-22)20(25)18-7-3-10-21-18/h2-3,5-7,10,15,21H,4,8-9,11-14H2,1H3. The fourth-order valence-electron chi connectivity index (χ4n) is 3.24. The lowest BCUT2D eigenvalue weighted by Gasteiger charge is -2.22. The molecule has 138 valence electrons. The summed E-state index contributed by atoms with van der Waals surface area (Å²) in [6, 6.07) is 11.4. The van der Waals surface area contributed by atoms with Gasteiger partial charge in [-0.05, 0) is 42.7 Å². The number of carbonyl (C=O) groups is 2. The molecule has 0 saturated carbocycles. The zero-order valence-electron chi connectivity index (χ0n) is 15.1. The number of rotatable bonds is 5. The highest BCUT2D eigenvalue weighted by Crippen LogP contribution is 2.15. The summed E-state index contributed by atoms with van der Waals surface area (Å²) in [6.45, 7) is 2.54. The third-order valence-electron chi connectivity index (χ3n) is 4.73. The van der Waals surface area contributed by atoms with Gasteiger partial charge in [0.2, 0.25) is 5.91 Å². The van der Waals surface area contributed by atoms with Crippen molar-refractivity contribution in [1.29, 1.82) is 0 Å². The minimum atomic E-state index is 0.000629. The van der Waals surface area contributed by atoms with Gasteiger partial charge in [0.15, 0.2) is 0 Å². The molecule has 1 saturated heterocycles. The molecule has 1 aliphatic rings. The van der Waals surface area contributed by atoms with Gasteiger partial charge in [-0.3, -0.25) is 9.59 Å². The minimum absolute atomic E-state index is 0.000629. The van der Waals surface area contributed by atoms with E-state index in [1.54, 1.807) is 19.4 Å². The number of aromatic amines is 1. The van der Waals surface area contributed by atoms with Crippen molar-refractivity contribution in [3.8, 4) is 5.75 Å². The van der Waals surface area contributed by atoms with Crippen LogP contribution in [0.15, 0.2) is 42.6 Å². The highest BCUT2D eigenvalue weighted by atomic mass is 16.5. The molecule has 3 rings (SSSR count). The lowest BCUT2D eigenvalue weighted by molar-refractivity contribution is -0.131. The molecule has 0 atom stereocenters. The van der Waals surface area contributed by atoms with Crippen molar-refractivity contribution in [3.05, 3.63) is 53.9 Å². The van der Waals surface area contributed by atoms with Crippen molar-refractivity contribution in [1.82, 2.24) is 14.8 Å². The maximum Gasteiger partial charge on any atom is 0.270 e. The summed E-state index contributed by atoms with van der Waals surface area (Å²) in [5.74, 6) is 0.950. The van der Waals surface area contributed by atoms with E-state index >= 15 is 0 Å². The summed E-state index contributed by atoms with van der Waals surface area (Å²) in [4.78, 5) is 31.7. The first-order valence-corrected chi connectivity index (χ1v) is 9.01. The molecule has 1 aliphatic heterocycles. The Hall–Kier alpha value is -2.76. The average Bonchev–Trinajstić information content (AvgIpc) is 3.10. The smallest absolute Gasteiger partial charge is 0.270 e. The number of hydrogen-bond acceptors (Lipinski definition) is 3. The first kappa shape index (κ1) is 18.0. The Kier molecular flexibility index (Phi) is 5.94. The molecule has 2 heterocycles. The Morgan fingerprint density at radius 2 is 1.88 bits per heavy atom. The fraction of sp³-hybridized carbons (Fsp3) is 0.400. The number of H-pyrrole nitrogens is 1.